The molecule has 0 saturated carbocycles. The van der Waals surface area contributed by atoms with Gasteiger partial charge in [-0.25, -0.2) is 4.39 Å². The molecule has 2 aromatic carbocycles. The zero-order valence-electron chi connectivity index (χ0n) is 12.5. The molecule has 0 radical (unpaired) electrons. The SMILES string of the molecule is O=C(NN1C(=O)/C(=C\c2cccc(F)c2)SC1=S)c1ccccc1Br. The Balaban J connectivity index is 1.80. The van der Waals surface area contributed by atoms with E-state index in [0.717, 1.165) is 16.8 Å². The number of thioether (sulfide) groups is 1. The monoisotopic (exact) mass is 436 g/mol. The summed E-state index contributed by atoms with van der Waals surface area (Å²) in [6.07, 6.45) is 1.53. The van der Waals surface area contributed by atoms with Gasteiger partial charge in [0.2, 0.25) is 0 Å². The van der Waals surface area contributed by atoms with Crippen LogP contribution in [0, 0.1) is 5.82 Å². The van der Waals surface area contributed by atoms with Gasteiger partial charge in [0.15, 0.2) is 4.32 Å². The van der Waals surface area contributed by atoms with Crippen molar-refractivity contribution in [2.24, 2.45) is 0 Å². The maximum atomic E-state index is 13.3. The Morgan fingerprint density at radius 3 is 2.72 bits per heavy atom. The maximum absolute atomic E-state index is 13.3. The van der Waals surface area contributed by atoms with Crippen LogP contribution in [0.4, 0.5) is 4.39 Å². The first-order valence-corrected chi connectivity index (χ1v) is 9.06. The molecule has 1 heterocycles. The van der Waals surface area contributed by atoms with E-state index in [4.69, 9.17) is 12.2 Å². The molecule has 1 saturated heterocycles. The number of rotatable bonds is 3. The molecule has 126 valence electrons. The average Bonchev–Trinajstić information content (AvgIpc) is 2.83. The second-order valence-corrected chi connectivity index (χ2v) is 7.52. The summed E-state index contributed by atoms with van der Waals surface area (Å²) in [7, 11) is 0. The molecule has 0 aliphatic carbocycles. The summed E-state index contributed by atoms with van der Waals surface area (Å²) in [4.78, 5) is 25.1. The van der Waals surface area contributed by atoms with Crippen LogP contribution in [0.15, 0.2) is 57.9 Å². The molecule has 0 atom stereocenters. The molecule has 1 aliphatic rings. The first-order valence-electron chi connectivity index (χ1n) is 7.05. The van der Waals surface area contributed by atoms with E-state index in [1.807, 2.05) is 0 Å². The van der Waals surface area contributed by atoms with Crippen molar-refractivity contribution in [2.45, 2.75) is 0 Å². The van der Waals surface area contributed by atoms with Crippen molar-refractivity contribution in [1.82, 2.24) is 10.4 Å². The number of halogens is 2. The van der Waals surface area contributed by atoms with Crippen LogP contribution in [-0.4, -0.2) is 21.1 Å². The van der Waals surface area contributed by atoms with E-state index in [-0.39, 0.29) is 4.32 Å². The number of hydrazine groups is 1. The standard InChI is InChI=1S/C17H10BrFN2O2S2/c18-13-7-2-1-6-12(13)15(22)20-21-16(23)14(25-17(21)24)9-10-4-3-5-11(19)8-10/h1-9H,(H,20,22)/b14-9+. The number of nitrogens with one attached hydrogen (secondary N) is 1. The van der Waals surface area contributed by atoms with Gasteiger partial charge in [0.05, 0.1) is 10.5 Å². The summed E-state index contributed by atoms with van der Waals surface area (Å²) in [6, 6.07) is 12.7. The predicted molar refractivity (Wildman–Crippen MR) is 103 cm³/mol. The molecule has 0 unspecified atom stereocenters. The smallest absolute Gasteiger partial charge is 0.267 e. The highest BCUT2D eigenvalue weighted by Crippen LogP contribution is 2.31. The largest absolute Gasteiger partial charge is 0.285 e. The van der Waals surface area contributed by atoms with Gasteiger partial charge in [0.1, 0.15) is 5.82 Å². The number of thiocarbonyl (C=S) groups is 1. The number of nitrogens with zero attached hydrogens (tertiary/aromatic N) is 1. The number of carbonyl (C=O) groups excluding carboxylic acids is 2. The molecule has 3 rings (SSSR count). The second kappa shape index (κ2) is 7.47. The van der Waals surface area contributed by atoms with Crippen LogP contribution in [0.5, 0.6) is 0 Å². The van der Waals surface area contributed by atoms with Crippen LogP contribution >= 0.6 is 39.9 Å². The number of hydrogen-bond donors (Lipinski definition) is 1. The Morgan fingerprint density at radius 1 is 1.24 bits per heavy atom. The number of hydrogen-bond acceptors (Lipinski definition) is 4. The van der Waals surface area contributed by atoms with Crippen LogP contribution in [0.3, 0.4) is 0 Å². The molecule has 1 fully saturated rings. The lowest BCUT2D eigenvalue weighted by molar-refractivity contribution is -0.123. The lowest BCUT2D eigenvalue weighted by Crippen LogP contribution is -2.44. The third-order valence-electron chi connectivity index (χ3n) is 3.27. The summed E-state index contributed by atoms with van der Waals surface area (Å²) in [6.45, 7) is 0. The summed E-state index contributed by atoms with van der Waals surface area (Å²) in [5.74, 6) is -1.32. The third-order valence-corrected chi connectivity index (χ3v) is 5.27. The zero-order valence-corrected chi connectivity index (χ0v) is 15.8. The van der Waals surface area contributed by atoms with Crippen molar-refractivity contribution in [3.63, 3.8) is 0 Å². The first-order chi connectivity index (χ1) is 12.0. The molecule has 8 heteroatoms. The lowest BCUT2D eigenvalue weighted by Gasteiger charge is -2.16. The second-order valence-electron chi connectivity index (χ2n) is 4.99. The molecule has 0 spiro atoms. The van der Waals surface area contributed by atoms with E-state index >= 15 is 0 Å². The minimum Gasteiger partial charge on any atom is -0.267 e. The summed E-state index contributed by atoms with van der Waals surface area (Å²) >= 11 is 9.50. The quantitative estimate of drug-likeness (QED) is 0.580. The van der Waals surface area contributed by atoms with E-state index in [1.54, 1.807) is 36.4 Å². The highest BCUT2D eigenvalue weighted by Gasteiger charge is 2.34. The highest BCUT2D eigenvalue weighted by atomic mass is 79.9. The van der Waals surface area contributed by atoms with Crippen molar-refractivity contribution < 1.29 is 14.0 Å². The topological polar surface area (TPSA) is 49.4 Å². The average molecular weight is 437 g/mol. The predicted octanol–water partition coefficient (Wildman–Crippen LogP) is 4.13. The summed E-state index contributed by atoms with van der Waals surface area (Å²) in [5, 5.41) is 1.02. The first kappa shape index (κ1) is 17.8. The Kier molecular flexibility index (Phi) is 5.31. The van der Waals surface area contributed by atoms with Gasteiger partial charge in [-0.15, -0.1) is 0 Å². The molecule has 4 nitrogen and oxygen atoms in total. The van der Waals surface area contributed by atoms with Gasteiger partial charge in [-0.05, 0) is 64.1 Å². The van der Waals surface area contributed by atoms with Gasteiger partial charge in [0, 0.05) is 4.47 Å². The number of carbonyl (C=O) groups is 2. The van der Waals surface area contributed by atoms with Crippen LogP contribution in [0.1, 0.15) is 15.9 Å². The minimum absolute atomic E-state index is 0.202. The van der Waals surface area contributed by atoms with Gasteiger partial charge < -0.3 is 0 Å². The Hall–Kier alpha value is -2.03. The normalized spacial score (nSPS) is 15.8. The number of amides is 2. The van der Waals surface area contributed by atoms with Gasteiger partial charge in [-0.3, -0.25) is 15.0 Å². The zero-order chi connectivity index (χ0) is 18.0. The minimum atomic E-state index is -0.462. The molecule has 2 aromatic rings. The summed E-state index contributed by atoms with van der Waals surface area (Å²) in [5.41, 5.74) is 3.42. The van der Waals surface area contributed by atoms with E-state index < -0.39 is 17.6 Å². The lowest BCUT2D eigenvalue weighted by atomic mass is 10.2. The van der Waals surface area contributed by atoms with Crippen molar-refractivity contribution >= 4 is 62.1 Å². The molecule has 1 aliphatic heterocycles. The van der Waals surface area contributed by atoms with Crippen LogP contribution in [0.2, 0.25) is 0 Å². The molecule has 0 bridgehead atoms. The van der Waals surface area contributed by atoms with Gasteiger partial charge >= 0.3 is 0 Å². The highest BCUT2D eigenvalue weighted by molar-refractivity contribution is 9.10. The summed E-state index contributed by atoms with van der Waals surface area (Å²) < 4.78 is 14.1. The molecule has 25 heavy (non-hydrogen) atoms. The third kappa shape index (κ3) is 3.97. The van der Waals surface area contributed by atoms with Crippen molar-refractivity contribution in [1.29, 1.82) is 0 Å². The van der Waals surface area contributed by atoms with E-state index in [2.05, 4.69) is 21.4 Å². The van der Waals surface area contributed by atoms with Gasteiger partial charge in [-0.1, -0.05) is 36.0 Å². The van der Waals surface area contributed by atoms with E-state index in [0.29, 0.717) is 20.5 Å². The Labute approximate surface area is 161 Å². The maximum Gasteiger partial charge on any atom is 0.285 e. The molecule has 2 amide bonds. The fourth-order valence-corrected chi connectivity index (χ4v) is 3.76. The Morgan fingerprint density at radius 2 is 2.00 bits per heavy atom. The van der Waals surface area contributed by atoms with Crippen LogP contribution in [-0.2, 0) is 4.79 Å². The molecule has 1 N–H and O–H groups in total. The Bertz CT molecular complexity index is 917. The van der Waals surface area contributed by atoms with Crippen molar-refractivity contribution in [3.05, 3.63) is 74.9 Å². The van der Waals surface area contributed by atoms with E-state index in [9.17, 15) is 14.0 Å². The number of benzene rings is 2. The van der Waals surface area contributed by atoms with E-state index in [1.165, 1.54) is 18.2 Å². The molecular weight excluding hydrogens is 427 g/mol. The fraction of sp³-hybridized carbons (Fsp3) is 0. The van der Waals surface area contributed by atoms with Crippen LogP contribution in [0.25, 0.3) is 6.08 Å². The molecular formula is C17H10BrFN2O2S2. The van der Waals surface area contributed by atoms with Gasteiger partial charge in [0.25, 0.3) is 11.8 Å². The van der Waals surface area contributed by atoms with Crippen LogP contribution < -0.4 is 5.43 Å². The van der Waals surface area contributed by atoms with Gasteiger partial charge in [-0.2, -0.15) is 5.01 Å². The molecule has 0 aromatic heterocycles. The van der Waals surface area contributed by atoms with Crippen molar-refractivity contribution in [3.8, 4) is 0 Å². The van der Waals surface area contributed by atoms with Crippen molar-refractivity contribution in [2.75, 3.05) is 0 Å². The fourth-order valence-electron chi connectivity index (χ4n) is 2.12.